The average Bonchev–Trinajstić information content (AvgIpc) is 2.72. The first kappa shape index (κ1) is 16.9. The van der Waals surface area contributed by atoms with E-state index in [0.717, 1.165) is 0 Å². The summed E-state index contributed by atoms with van der Waals surface area (Å²) in [6.45, 7) is 2.16. The van der Waals surface area contributed by atoms with Gasteiger partial charge in [-0.25, -0.2) is 0 Å². The van der Waals surface area contributed by atoms with Gasteiger partial charge in [-0.05, 0) is 0 Å². The van der Waals surface area contributed by atoms with E-state index in [0.29, 0.717) is 0 Å². The van der Waals surface area contributed by atoms with Crippen LogP contribution >= 0.6 is 0 Å². The minimum absolute atomic E-state index is 1.30. The van der Waals surface area contributed by atoms with E-state index in [9.17, 15) is 0 Å². The fourth-order valence-electron chi connectivity index (χ4n) is 3.87. The van der Waals surface area contributed by atoms with Crippen LogP contribution in [0.5, 0.6) is 0 Å². The maximum atomic E-state index is 2.35. The molecule has 0 nitrogen and oxygen atoms in total. The summed E-state index contributed by atoms with van der Waals surface area (Å²) < 4.78 is 5.87. The predicted molar refractivity (Wildman–Crippen MR) is 116 cm³/mol. The molecule has 4 aromatic rings. The van der Waals surface area contributed by atoms with Gasteiger partial charge in [0, 0.05) is 0 Å². The van der Waals surface area contributed by atoms with Gasteiger partial charge in [-0.3, -0.25) is 0 Å². The van der Waals surface area contributed by atoms with Crippen LogP contribution in [0.3, 0.4) is 0 Å². The summed E-state index contributed by atoms with van der Waals surface area (Å²) in [5, 5.41) is 0. The molecule has 26 heavy (non-hydrogen) atoms. The zero-order valence-electron chi connectivity index (χ0n) is 15.0. The molecule has 0 heterocycles. The molecule has 0 aromatic heterocycles. The van der Waals surface area contributed by atoms with E-state index in [1.807, 2.05) is 0 Å². The number of hydrogen-bond donors (Lipinski definition) is 0. The normalized spacial score (nSPS) is 11.9. The second-order valence-corrected chi connectivity index (χ2v) is 14.7. The van der Waals surface area contributed by atoms with E-state index in [2.05, 4.69) is 122 Å². The van der Waals surface area contributed by atoms with Crippen molar-refractivity contribution in [3.63, 3.8) is 0 Å². The molecule has 0 unspecified atom stereocenters. The average molecular weight is 398 g/mol. The summed E-state index contributed by atoms with van der Waals surface area (Å²) in [5.41, 5.74) is 1.30. The molecule has 0 N–H and O–H groups in total. The molecule has 0 bridgehead atoms. The molecule has 4 aromatic carbocycles. The summed E-state index contributed by atoms with van der Waals surface area (Å²) in [6.07, 6.45) is 0. The second kappa shape index (κ2) is 7.36. The third kappa shape index (κ3) is 2.91. The van der Waals surface area contributed by atoms with Gasteiger partial charge < -0.3 is 0 Å². The SMILES string of the molecule is Cc1ccc([AsH](c2ccccc2)(c2ccccc2)c2ccccc2)cc1. The van der Waals surface area contributed by atoms with Crippen molar-refractivity contribution in [1.82, 2.24) is 0 Å². The van der Waals surface area contributed by atoms with Gasteiger partial charge >= 0.3 is 159 Å². The summed E-state index contributed by atoms with van der Waals surface area (Å²) in [7, 11) is 0. The van der Waals surface area contributed by atoms with Gasteiger partial charge in [0.25, 0.3) is 0 Å². The van der Waals surface area contributed by atoms with Gasteiger partial charge in [-0.2, -0.15) is 0 Å². The van der Waals surface area contributed by atoms with E-state index in [-0.39, 0.29) is 0 Å². The first-order valence-corrected chi connectivity index (χ1v) is 13.2. The van der Waals surface area contributed by atoms with E-state index in [1.165, 1.54) is 23.0 Å². The number of hydrogen-bond acceptors (Lipinski definition) is 0. The summed E-state index contributed by atoms with van der Waals surface area (Å²) >= 11 is -3.02. The minimum atomic E-state index is -3.02. The van der Waals surface area contributed by atoms with Crippen molar-refractivity contribution < 1.29 is 0 Å². The summed E-state index contributed by atoms with van der Waals surface area (Å²) in [4.78, 5) is 0. The van der Waals surface area contributed by atoms with E-state index in [1.54, 1.807) is 0 Å². The molecule has 0 atom stereocenters. The molecule has 0 aliphatic carbocycles. The molecule has 0 saturated heterocycles. The van der Waals surface area contributed by atoms with Gasteiger partial charge in [-0.15, -0.1) is 0 Å². The third-order valence-corrected chi connectivity index (χ3v) is 15.2. The Hall–Kier alpha value is -2.56. The zero-order valence-corrected chi connectivity index (χ0v) is 17.1. The first-order valence-electron chi connectivity index (χ1n) is 9.05. The Morgan fingerprint density at radius 3 is 1.04 bits per heavy atom. The van der Waals surface area contributed by atoms with Gasteiger partial charge in [0.2, 0.25) is 0 Å². The van der Waals surface area contributed by atoms with Gasteiger partial charge in [0.05, 0.1) is 0 Å². The van der Waals surface area contributed by atoms with E-state index < -0.39 is 13.6 Å². The summed E-state index contributed by atoms with van der Waals surface area (Å²) in [5.74, 6) is 0. The zero-order chi connectivity index (χ0) is 17.8. The monoisotopic (exact) mass is 398 g/mol. The standard InChI is InChI=1S/C25H23As/c1-21-17-19-25(20-18-21)26(22-11-5-2-6-12-22,23-13-7-3-8-14-23)24-15-9-4-10-16-24/h2-20,26H,1H3. The molecular weight excluding hydrogens is 375 g/mol. The molecule has 0 amide bonds. The van der Waals surface area contributed by atoms with Gasteiger partial charge in [0.1, 0.15) is 0 Å². The van der Waals surface area contributed by atoms with Gasteiger partial charge in [0.15, 0.2) is 0 Å². The van der Waals surface area contributed by atoms with Crippen molar-refractivity contribution in [3.8, 4) is 0 Å². The fourth-order valence-corrected chi connectivity index (χ4v) is 13.8. The van der Waals surface area contributed by atoms with E-state index >= 15 is 0 Å². The Morgan fingerprint density at radius 2 is 0.692 bits per heavy atom. The Bertz CT molecular complexity index is 862. The van der Waals surface area contributed by atoms with Crippen molar-refractivity contribution in [1.29, 1.82) is 0 Å². The number of aryl methyl sites for hydroxylation is 1. The molecular formula is C25H23As. The quantitative estimate of drug-likeness (QED) is 0.464. The molecule has 1 heteroatoms. The fraction of sp³-hybridized carbons (Fsp3) is 0.0400. The third-order valence-electron chi connectivity index (χ3n) is 5.10. The van der Waals surface area contributed by atoms with Crippen molar-refractivity contribution in [3.05, 3.63) is 121 Å². The first-order chi connectivity index (χ1) is 12.8. The van der Waals surface area contributed by atoms with Crippen molar-refractivity contribution in [2.24, 2.45) is 0 Å². The Balaban J connectivity index is 2.12. The molecule has 4 rings (SSSR count). The maximum absolute atomic E-state index is 3.02. The van der Waals surface area contributed by atoms with Crippen LogP contribution in [0.1, 0.15) is 5.56 Å². The topological polar surface area (TPSA) is 0 Å². The van der Waals surface area contributed by atoms with Crippen molar-refractivity contribution in [2.75, 3.05) is 0 Å². The van der Waals surface area contributed by atoms with Crippen LogP contribution in [0, 0.1) is 6.92 Å². The molecule has 0 fully saturated rings. The van der Waals surface area contributed by atoms with Gasteiger partial charge in [-0.1, -0.05) is 0 Å². The Kier molecular flexibility index (Phi) is 4.78. The van der Waals surface area contributed by atoms with Crippen LogP contribution in [0.15, 0.2) is 115 Å². The van der Waals surface area contributed by atoms with Crippen molar-refractivity contribution >= 4 is 31.0 Å². The molecule has 0 radical (unpaired) electrons. The van der Waals surface area contributed by atoms with Crippen LogP contribution in [0.4, 0.5) is 0 Å². The second-order valence-electron chi connectivity index (χ2n) is 6.71. The van der Waals surface area contributed by atoms with Crippen LogP contribution in [0.2, 0.25) is 0 Å². The predicted octanol–water partition coefficient (Wildman–Crippen LogP) is 3.10. The Morgan fingerprint density at radius 1 is 0.385 bits per heavy atom. The van der Waals surface area contributed by atoms with Crippen LogP contribution < -0.4 is 17.4 Å². The van der Waals surface area contributed by atoms with Crippen LogP contribution in [-0.2, 0) is 0 Å². The molecule has 0 aliphatic rings. The molecule has 0 spiro atoms. The summed E-state index contributed by atoms with van der Waals surface area (Å²) in [6, 6.07) is 42.5. The Labute approximate surface area is 158 Å². The van der Waals surface area contributed by atoms with E-state index in [4.69, 9.17) is 0 Å². The van der Waals surface area contributed by atoms with Crippen LogP contribution in [0.25, 0.3) is 0 Å². The number of rotatable bonds is 4. The van der Waals surface area contributed by atoms with Crippen molar-refractivity contribution in [2.45, 2.75) is 6.92 Å². The van der Waals surface area contributed by atoms with Crippen LogP contribution in [-0.4, -0.2) is 13.6 Å². The number of benzene rings is 4. The molecule has 0 aliphatic heterocycles. The molecule has 128 valence electrons. The molecule has 0 saturated carbocycles.